The van der Waals surface area contributed by atoms with Gasteiger partial charge >= 0.3 is 0 Å². The molecule has 0 saturated heterocycles. The SMILES string of the molecule is CCC(C)N(Cc1ccccc1)C(=O)c1cc(F)c(F)c(F)c1F. The molecule has 1 unspecified atom stereocenters. The minimum Gasteiger partial charge on any atom is -0.332 e. The average molecular weight is 339 g/mol. The molecule has 0 N–H and O–H groups in total. The fraction of sp³-hybridized carbons (Fsp3) is 0.278. The number of nitrogens with zero attached hydrogens (tertiary/aromatic N) is 1. The highest BCUT2D eigenvalue weighted by Gasteiger charge is 2.28. The molecular weight excluding hydrogens is 322 g/mol. The monoisotopic (exact) mass is 339 g/mol. The number of halogens is 4. The Kier molecular flexibility index (Phi) is 5.59. The summed E-state index contributed by atoms with van der Waals surface area (Å²) in [6.45, 7) is 3.72. The van der Waals surface area contributed by atoms with Gasteiger partial charge in [0, 0.05) is 12.6 Å². The molecule has 128 valence electrons. The third-order valence-corrected chi connectivity index (χ3v) is 3.91. The van der Waals surface area contributed by atoms with Gasteiger partial charge in [-0.25, -0.2) is 17.6 Å². The van der Waals surface area contributed by atoms with E-state index in [1.165, 1.54) is 4.90 Å². The van der Waals surface area contributed by atoms with Crippen molar-refractivity contribution >= 4 is 5.91 Å². The maximum atomic E-state index is 13.9. The summed E-state index contributed by atoms with van der Waals surface area (Å²) in [4.78, 5) is 13.9. The van der Waals surface area contributed by atoms with E-state index >= 15 is 0 Å². The Morgan fingerprint density at radius 3 is 2.25 bits per heavy atom. The summed E-state index contributed by atoms with van der Waals surface area (Å²) >= 11 is 0. The molecule has 0 radical (unpaired) electrons. The van der Waals surface area contributed by atoms with Crippen LogP contribution in [0, 0.1) is 23.3 Å². The summed E-state index contributed by atoms with van der Waals surface area (Å²) in [6, 6.07) is 9.04. The third-order valence-electron chi connectivity index (χ3n) is 3.91. The number of carbonyl (C=O) groups excluding carboxylic acids is 1. The molecule has 0 aliphatic heterocycles. The Bertz CT molecular complexity index is 734. The van der Waals surface area contributed by atoms with E-state index in [1.807, 2.05) is 13.0 Å². The van der Waals surface area contributed by atoms with Gasteiger partial charge < -0.3 is 4.90 Å². The van der Waals surface area contributed by atoms with Crippen molar-refractivity contribution in [3.8, 4) is 0 Å². The summed E-state index contributed by atoms with van der Waals surface area (Å²) in [5, 5.41) is 0. The molecule has 2 aromatic carbocycles. The number of carbonyl (C=O) groups is 1. The van der Waals surface area contributed by atoms with Gasteiger partial charge in [0.25, 0.3) is 5.91 Å². The van der Waals surface area contributed by atoms with Gasteiger partial charge in [0.05, 0.1) is 5.56 Å². The van der Waals surface area contributed by atoms with Gasteiger partial charge in [-0.1, -0.05) is 37.3 Å². The molecule has 0 aromatic heterocycles. The zero-order valence-corrected chi connectivity index (χ0v) is 13.3. The van der Waals surface area contributed by atoms with Gasteiger partial charge in [0.2, 0.25) is 0 Å². The number of amides is 1. The van der Waals surface area contributed by atoms with Crippen LogP contribution in [-0.4, -0.2) is 16.8 Å². The van der Waals surface area contributed by atoms with Crippen molar-refractivity contribution in [3.63, 3.8) is 0 Å². The minimum absolute atomic E-state index is 0.148. The molecular formula is C18H17F4NO. The predicted octanol–water partition coefficient (Wildman–Crippen LogP) is 4.68. The lowest BCUT2D eigenvalue weighted by molar-refractivity contribution is 0.0664. The lowest BCUT2D eigenvalue weighted by Gasteiger charge is -2.29. The summed E-state index contributed by atoms with van der Waals surface area (Å²) < 4.78 is 53.8. The number of rotatable bonds is 5. The lowest BCUT2D eigenvalue weighted by Crippen LogP contribution is -2.38. The summed E-state index contributed by atoms with van der Waals surface area (Å²) in [6.07, 6.45) is 0.562. The summed E-state index contributed by atoms with van der Waals surface area (Å²) in [5.41, 5.74) is -0.0303. The van der Waals surface area contributed by atoms with Crippen LogP contribution in [0.1, 0.15) is 36.2 Å². The Balaban J connectivity index is 2.42. The molecule has 1 atom stereocenters. The first-order valence-corrected chi connectivity index (χ1v) is 7.54. The van der Waals surface area contributed by atoms with Crippen LogP contribution >= 0.6 is 0 Å². The van der Waals surface area contributed by atoms with Gasteiger partial charge in [-0.2, -0.15) is 0 Å². The van der Waals surface area contributed by atoms with Gasteiger partial charge in [-0.15, -0.1) is 0 Å². The van der Waals surface area contributed by atoms with E-state index in [0.717, 1.165) is 5.56 Å². The van der Waals surface area contributed by atoms with E-state index in [9.17, 15) is 22.4 Å². The van der Waals surface area contributed by atoms with Crippen LogP contribution in [0.2, 0.25) is 0 Å². The Morgan fingerprint density at radius 2 is 1.67 bits per heavy atom. The van der Waals surface area contributed by atoms with Gasteiger partial charge in [-0.3, -0.25) is 4.79 Å². The summed E-state index contributed by atoms with van der Waals surface area (Å²) in [7, 11) is 0. The molecule has 2 aromatic rings. The largest absolute Gasteiger partial charge is 0.332 e. The lowest BCUT2D eigenvalue weighted by atomic mass is 10.1. The molecule has 1 amide bonds. The maximum Gasteiger partial charge on any atom is 0.257 e. The van der Waals surface area contributed by atoms with Gasteiger partial charge in [-0.05, 0) is 25.0 Å². The zero-order chi connectivity index (χ0) is 17.9. The van der Waals surface area contributed by atoms with E-state index in [1.54, 1.807) is 31.2 Å². The standard InChI is InChI=1S/C18H17F4NO/c1-3-11(2)23(10-12-7-5-4-6-8-12)18(24)13-9-14(19)16(21)17(22)15(13)20/h4-9,11H,3,10H2,1-2H3. The van der Waals surface area contributed by atoms with Crippen LogP contribution in [0.25, 0.3) is 0 Å². The molecule has 0 aliphatic rings. The van der Waals surface area contributed by atoms with Crippen molar-refractivity contribution < 1.29 is 22.4 Å². The van der Waals surface area contributed by atoms with Gasteiger partial charge in [0.1, 0.15) is 0 Å². The highest BCUT2D eigenvalue weighted by molar-refractivity contribution is 5.94. The number of benzene rings is 2. The molecule has 0 spiro atoms. The van der Waals surface area contributed by atoms with Crippen LogP contribution < -0.4 is 0 Å². The van der Waals surface area contributed by atoms with E-state index in [-0.39, 0.29) is 12.6 Å². The van der Waals surface area contributed by atoms with E-state index in [2.05, 4.69) is 0 Å². The molecule has 0 bridgehead atoms. The summed E-state index contributed by atoms with van der Waals surface area (Å²) in [5.74, 6) is -8.07. The molecule has 0 fully saturated rings. The van der Waals surface area contributed by atoms with Crippen LogP contribution in [0.4, 0.5) is 17.6 Å². The quantitative estimate of drug-likeness (QED) is 0.440. The second-order valence-electron chi connectivity index (χ2n) is 5.52. The fourth-order valence-electron chi connectivity index (χ4n) is 2.31. The Labute approximate surface area is 137 Å². The van der Waals surface area contributed by atoms with Crippen molar-refractivity contribution in [2.45, 2.75) is 32.9 Å². The third kappa shape index (κ3) is 3.58. The smallest absolute Gasteiger partial charge is 0.257 e. The number of hydrogen-bond donors (Lipinski definition) is 0. The molecule has 0 aliphatic carbocycles. The van der Waals surface area contributed by atoms with Crippen LogP contribution in [0.15, 0.2) is 36.4 Å². The zero-order valence-electron chi connectivity index (χ0n) is 13.3. The highest BCUT2D eigenvalue weighted by Crippen LogP contribution is 2.22. The molecule has 0 saturated carbocycles. The second kappa shape index (κ2) is 7.47. The Morgan fingerprint density at radius 1 is 1.04 bits per heavy atom. The average Bonchev–Trinajstić information content (AvgIpc) is 2.60. The molecule has 6 heteroatoms. The van der Waals surface area contributed by atoms with Crippen LogP contribution in [0.3, 0.4) is 0 Å². The van der Waals surface area contributed by atoms with Crippen LogP contribution in [-0.2, 0) is 6.54 Å². The highest BCUT2D eigenvalue weighted by atomic mass is 19.2. The molecule has 2 nitrogen and oxygen atoms in total. The van der Waals surface area contributed by atoms with Crippen molar-refractivity contribution in [2.75, 3.05) is 0 Å². The van der Waals surface area contributed by atoms with Gasteiger partial charge in [0.15, 0.2) is 23.3 Å². The first kappa shape index (κ1) is 18.0. The van der Waals surface area contributed by atoms with Crippen molar-refractivity contribution in [1.29, 1.82) is 0 Å². The molecule has 24 heavy (non-hydrogen) atoms. The first-order valence-electron chi connectivity index (χ1n) is 7.54. The van der Waals surface area contributed by atoms with E-state index in [4.69, 9.17) is 0 Å². The van der Waals surface area contributed by atoms with Crippen molar-refractivity contribution in [1.82, 2.24) is 4.90 Å². The van der Waals surface area contributed by atoms with Crippen molar-refractivity contribution in [2.24, 2.45) is 0 Å². The number of hydrogen-bond acceptors (Lipinski definition) is 1. The predicted molar refractivity (Wildman–Crippen MR) is 82.3 cm³/mol. The Hall–Kier alpha value is -2.37. The molecule has 0 heterocycles. The fourth-order valence-corrected chi connectivity index (χ4v) is 2.31. The van der Waals surface area contributed by atoms with Crippen molar-refractivity contribution in [3.05, 3.63) is 70.8 Å². The van der Waals surface area contributed by atoms with E-state index < -0.39 is 34.7 Å². The van der Waals surface area contributed by atoms with Crippen LogP contribution in [0.5, 0.6) is 0 Å². The first-order chi connectivity index (χ1) is 11.4. The minimum atomic E-state index is -1.98. The molecule has 2 rings (SSSR count). The second-order valence-corrected chi connectivity index (χ2v) is 5.52. The van der Waals surface area contributed by atoms with E-state index in [0.29, 0.717) is 12.5 Å². The maximum absolute atomic E-state index is 13.9. The topological polar surface area (TPSA) is 20.3 Å². The normalized spacial score (nSPS) is 12.1.